The monoisotopic (exact) mass is 200 g/mol. The van der Waals surface area contributed by atoms with Crippen LogP contribution in [-0.2, 0) is 11.2 Å². The molecule has 0 bridgehead atoms. The largest absolute Gasteiger partial charge is 0.491 e. The Morgan fingerprint density at radius 3 is 2.71 bits per heavy atom. The molecule has 0 aliphatic heterocycles. The molecule has 0 aromatic heterocycles. The minimum absolute atomic E-state index is 0.214. The van der Waals surface area contributed by atoms with Gasteiger partial charge in [0.2, 0.25) is 0 Å². The maximum absolute atomic E-state index is 13.4. The van der Waals surface area contributed by atoms with Gasteiger partial charge in [-0.25, -0.2) is 8.78 Å². The molecule has 14 heavy (non-hydrogen) atoms. The van der Waals surface area contributed by atoms with Crippen molar-refractivity contribution in [1.82, 2.24) is 0 Å². The molecule has 0 unspecified atom stereocenters. The standard InChI is InChI=1S/C10H10F2O2/c1-14-10-8(11)5-4-7(9(10)12)3-2-6-13/h4-6H,2-3H2,1H3. The van der Waals surface area contributed by atoms with Crippen LogP contribution in [0.5, 0.6) is 5.75 Å². The maximum Gasteiger partial charge on any atom is 0.190 e. The number of halogens is 2. The van der Waals surface area contributed by atoms with Gasteiger partial charge in [-0.15, -0.1) is 0 Å². The topological polar surface area (TPSA) is 26.3 Å². The van der Waals surface area contributed by atoms with E-state index < -0.39 is 17.4 Å². The van der Waals surface area contributed by atoms with Crippen molar-refractivity contribution in [3.63, 3.8) is 0 Å². The Bertz CT molecular complexity index is 337. The van der Waals surface area contributed by atoms with E-state index in [4.69, 9.17) is 0 Å². The van der Waals surface area contributed by atoms with Crippen LogP contribution in [0, 0.1) is 11.6 Å². The molecule has 0 atom stereocenters. The predicted molar refractivity (Wildman–Crippen MR) is 47.3 cm³/mol. The molecule has 1 rings (SSSR count). The Labute approximate surface area is 80.5 Å². The van der Waals surface area contributed by atoms with Gasteiger partial charge in [0.25, 0.3) is 0 Å². The highest BCUT2D eigenvalue weighted by Gasteiger charge is 2.13. The first-order chi connectivity index (χ1) is 6.70. The van der Waals surface area contributed by atoms with Crippen molar-refractivity contribution in [3.05, 3.63) is 29.3 Å². The number of aldehydes is 1. The van der Waals surface area contributed by atoms with Crippen LogP contribution < -0.4 is 4.74 Å². The van der Waals surface area contributed by atoms with Gasteiger partial charge in [-0.3, -0.25) is 0 Å². The summed E-state index contributed by atoms with van der Waals surface area (Å²) in [7, 11) is 1.20. The average Bonchev–Trinajstić information content (AvgIpc) is 2.18. The summed E-state index contributed by atoms with van der Waals surface area (Å²) in [6.45, 7) is 0. The molecule has 0 aliphatic rings. The van der Waals surface area contributed by atoms with E-state index in [1.54, 1.807) is 0 Å². The molecule has 2 nitrogen and oxygen atoms in total. The SMILES string of the molecule is COc1c(F)ccc(CCC=O)c1F. The van der Waals surface area contributed by atoms with Gasteiger partial charge < -0.3 is 9.53 Å². The van der Waals surface area contributed by atoms with E-state index in [-0.39, 0.29) is 18.4 Å². The third kappa shape index (κ3) is 2.07. The van der Waals surface area contributed by atoms with Gasteiger partial charge in [0.1, 0.15) is 6.29 Å². The lowest BCUT2D eigenvalue weighted by Gasteiger charge is -2.06. The van der Waals surface area contributed by atoms with E-state index in [2.05, 4.69) is 4.74 Å². The van der Waals surface area contributed by atoms with E-state index in [9.17, 15) is 13.6 Å². The Balaban J connectivity index is 3.01. The van der Waals surface area contributed by atoms with Crippen molar-refractivity contribution in [1.29, 1.82) is 0 Å². The van der Waals surface area contributed by atoms with Gasteiger partial charge in [0.05, 0.1) is 7.11 Å². The third-order valence-electron chi connectivity index (χ3n) is 1.86. The number of rotatable bonds is 4. The molecule has 4 heteroatoms. The molecule has 0 radical (unpaired) electrons. The van der Waals surface area contributed by atoms with Crippen LogP contribution in [0.1, 0.15) is 12.0 Å². The molecule has 0 saturated heterocycles. The second-order valence-corrected chi connectivity index (χ2v) is 2.76. The van der Waals surface area contributed by atoms with Crippen LogP contribution in [0.15, 0.2) is 12.1 Å². The van der Waals surface area contributed by atoms with Crippen LogP contribution in [0.2, 0.25) is 0 Å². The first-order valence-electron chi connectivity index (χ1n) is 4.15. The fourth-order valence-electron chi connectivity index (χ4n) is 1.17. The molecular formula is C10H10F2O2. The minimum Gasteiger partial charge on any atom is -0.491 e. The van der Waals surface area contributed by atoms with Crippen molar-refractivity contribution in [2.45, 2.75) is 12.8 Å². The van der Waals surface area contributed by atoms with E-state index in [1.165, 1.54) is 13.2 Å². The number of aryl methyl sites for hydroxylation is 1. The Morgan fingerprint density at radius 2 is 2.14 bits per heavy atom. The van der Waals surface area contributed by atoms with Gasteiger partial charge in [-0.05, 0) is 18.1 Å². The minimum atomic E-state index is -0.736. The summed E-state index contributed by atoms with van der Waals surface area (Å²) in [5.74, 6) is -1.86. The van der Waals surface area contributed by atoms with Crippen LogP contribution in [-0.4, -0.2) is 13.4 Å². The summed E-state index contributed by atoms with van der Waals surface area (Å²) < 4.78 is 30.9. The van der Waals surface area contributed by atoms with Crippen molar-refractivity contribution in [3.8, 4) is 5.75 Å². The summed E-state index contributed by atoms with van der Waals surface area (Å²) >= 11 is 0. The number of carbonyl (C=O) groups excluding carboxylic acids is 1. The molecule has 1 aromatic carbocycles. The van der Waals surface area contributed by atoms with E-state index in [0.717, 1.165) is 6.07 Å². The molecule has 0 spiro atoms. The van der Waals surface area contributed by atoms with Gasteiger partial charge in [-0.2, -0.15) is 0 Å². The second kappa shape index (κ2) is 4.69. The zero-order chi connectivity index (χ0) is 10.6. The van der Waals surface area contributed by atoms with Crippen molar-refractivity contribution < 1.29 is 18.3 Å². The van der Waals surface area contributed by atoms with Crippen LogP contribution in [0.25, 0.3) is 0 Å². The normalized spacial score (nSPS) is 9.93. The van der Waals surface area contributed by atoms with Crippen molar-refractivity contribution >= 4 is 6.29 Å². The van der Waals surface area contributed by atoms with Crippen molar-refractivity contribution in [2.24, 2.45) is 0 Å². The number of hydrogen-bond donors (Lipinski definition) is 0. The third-order valence-corrected chi connectivity index (χ3v) is 1.86. The molecule has 0 heterocycles. The highest BCUT2D eigenvalue weighted by Crippen LogP contribution is 2.24. The van der Waals surface area contributed by atoms with Crippen LogP contribution in [0.3, 0.4) is 0 Å². The highest BCUT2D eigenvalue weighted by molar-refractivity contribution is 5.50. The average molecular weight is 200 g/mol. The summed E-state index contributed by atoms with van der Waals surface area (Å²) in [6, 6.07) is 2.44. The molecule has 0 fully saturated rings. The summed E-state index contributed by atoms with van der Waals surface area (Å²) in [6.07, 6.45) is 1.16. The maximum atomic E-state index is 13.4. The number of methoxy groups -OCH3 is 1. The van der Waals surface area contributed by atoms with Gasteiger partial charge in [-0.1, -0.05) is 6.07 Å². The van der Waals surface area contributed by atoms with Gasteiger partial charge >= 0.3 is 0 Å². The lowest BCUT2D eigenvalue weighted by atomic mass is 10.1. The zero-order valence-corrected chi connectivity index (χ0v) is 7.72. The molecule has 0 amide bonds. The van der Waals surface area contributed by atoms with Crippen LogP contribution in [0.4, 0.5) is 8.78 Å². The predicted octanol–water partition coefficient (Wildman–Crippen LogP) is 2.10. The molecule has 76 valence electrons. The molecule has 0 N–H and O–H groups in total. The fraction of sp³-hybridized carbons (Fsp3) is 0.300. The summed E-state index contributed by atoms with van der Waals surface area (Å²) in [4.78, 5) is 10.1. The smallest absolute Gasteiger partial charge is 0.190 e. The Hall–Kier alpha value is -1.45. The van der Waals surface area contributed by atoms with Gasteiger partial charge in [0.15, 0.2) is 17.4 Å². The Morgan fingerprint density at radius 1 is 1.43 bits per heavy atom. The highest BCUT2D eigenvalue weighted by atomic mass is 19.1. The number of ether oxygens (including phenoxy) is 1. The van der Waals surface area contributed by atoms with Crippen LogP contribution >= 0.6 is 0 Å². The lowest BCUT2D eigenvalue weighted by molar-refractivity contribution is -0.107. The zero-order valence-electron chi connectivity index (χ0n) is 7.72. The van der Waals surface area contributed by atoms with E-state index >= 15 is 0 Å². The Kier molecular flexibility index (Phi) is 3.56. The lowest BCUT2D eigenvalue weighted by Crippen LogP contribution is -1.98. The fourth-order valence-corrected chi connectivity index (χ4v) is 1.17. The van der Waals surface area contributed by atoms with Gasteiger partial charge in [0, 0.05) is 6.42 Å². The molecule has 1 aromatic rings. The summed E-state index contributed by atoms with van der Waals surface area (Å²) in [5.41, 5.74) is 0.287. The number of hydrogen-bond acceptors (Lipinski definition) is 2. The molecular weight excluding hydrogens is 190 g/mol. The molecule has 0 aliphatic carbocycles. The van der Waals surface area contributed by atoms with Crippen molar-refractivity contribution in [2.75, 3.05) is 7.11 Å². The van der Waals surface area contributed by atoms with E-state index in [1.807, 2.05) is 0 Å². The first kappa shape index (κ1) is 10.6. The summed E-state index contributed by atoms with van der Waals surface area (Å²) in [5, 5.41) is 0. The molecule has 0 saturated carbocycles. The number of carbonyl (C=O) groups is 1. The first-order valence-corrected chi connectivity index (χ1v) is 4.15. The second-order valence-electron chi connectivity index (χ2n) is 2.76. The quantitative estimate of drug-likeness (QED) is 0.696. The number of benzene rings is 1. The van der Waals surface area contributed by atoms with E-state index in [0.29, 0.717) is 6.29 Å².